The zero-order valence-corrected chi connectivity index (χ0v) is 16.0. The fourth-order valence-electron chi connectivity index (χ4n) is 2.34. The number of carbonyl (C=O) groups excluding carboxylic acids is 1. The molecule has 0 amide bonds. The number of allylic oxidation sites excluding steroid dienone is 1. The zero-order chi connectivity index (χ0) is 17.9. The van der Waals surface area contributed by atoms with E-state index in [4.69, 9.17) is 21.7 Å². The maximum Gasteiger partial charge on any atom is 0.338 e. The van der Waals surface area contributed by atoms with Crippen molar-refractivity contribution in [2.75, 3.05) is 27.4 Å². The van der Waals surface area contributed by atoms with Crippen molar-refractivity contribution >= 4 is 39.2 Å². The number of ether oxygens (including phenoxy) is 2. The van der Waals surface area contributed by atoms with Crippen LogP contribution in [0.25, 0.3) is 0 Å². The van der Waals surface area contributed by atoms with Gasteiger partial charge in [-0.2, -0.15) is 0 Å². The molecule has 1 aliphatic heterocycles. The fraction of sp³-hybridized carbons (Fsp3) is 0.375. The van der Waals surface area contributed by atoms with Gasteiger partial charge in [0.25, 0.3) is 0 Å². The van der Waals surface area contributed by atoms with Crippen molar-refractivity contribution in [3.63, 3.8) is 0 Å². The van der Waals surface area contributed by atoms with Crippen LogP contribution in [0.15, 0.2) is 33.9 Å². The number of rotatable bonds is 5. The summed E-state index contributed by atoms with van der Waals surface area (Å²) < 4.78 is 24.0. The smallest absolute Gasteiger partial charge is 0.338 e. The summed E-state index contributed by atoms with van der Waals surface area (Å²) in [6.07, 6.45) is 0. The number of nitrogens with zero attached hydrogens (tertiary/aromatic N) is 1. The van der Waals surface area contributed by atoms with Crippen LogP contribution in [0, 0.1) is 5.82 Å². The van der Waals surface area contributed by atoms with Gasteiger partial charge in [0, 0.05) is 19.9 Å². The summed E-state index contributed by atoms with van der Waals surface area (Å²) in [6.45, 7) is 2.26. The Labute approximate surface area is 153 Å². The predicted molar refractivity (Wildman–Crippen MR) is 95.9 cm³/mol. The highest BCUT2D eigenvalue weighted by atomic mass is 79.9. The van der Waals surface area contributed by atoms with E-state index in [0.717, 1.165) is 0 Å². The van der Waals surface area contributed by atoms with Crippen LogP contribution in [0.2, 0.25) is 0 Å². The van der Waals surface area contributed by atoms with E-state index in [9.17, 15) is 9.18 Å². The molecule has 130 valence electrons. The lowest BCUT2D eigenvalue weighted by Crippen LogP contribution is -2.46. The Bertz CT molecular complexity index is 696. The highest BCUT2D eigenvalue weighted by molar-refractivity contribution is 9.10. The first-order valence-corrected chi connectivity index (χ1v) is 8.43. The second-order valence-corrected chi connectivity index (χ2v) is 6.48. The van der Waals surface area contributed by atoms with E-state index < -0.39 is 12.0 Å². The normalized spacial score (nSPS) is 17.8. The van der Waals surface area contributed by atoms with Crippen molar-refractivity contribution in [1.29, 1.82) is 0 Å². The van der Waals surface area contributed by atoms with E-state index in [0.29, 0.717) is 33.0 Å². The third-order valence-electron chi connectivity index (χ3n) is 3.77. The third kappa shape index (κ3) is 3.93. The van der Waals surface area contributed by atoms with Gasteiger partial charge in [0.1, 0.15) is 12.4 Å². The molecule has 2 rings (SSSR count). The van der Waals surface area contributed by atoms with Crippen molar-refractivity contribution in [2.24, 2.45) is 0 Å². The molecule has 1 N–H and O–H groups in total. The molecule has 0 aliphatic carbocycles. The Hall–Kier alpha value is -1.51. The van der Waals surface area contributed by atoms with Crippen LogP contribution >= 0.6 is 28.1 Å². The van der Waals surface area contributed by atoms with E-state index in [2.05, 4.69) is 21.2 Å². The highest BCUT2D eigenvalue weighted by Crippen LogP contribution is 2.32. The minimum Gasteiger partial charge on any atom is -0.460 e. The standard InChI is InChI=1S/C16H18BrFN2O3S/c1-9-13(15(21)23-7-6-22-3)14(19-16(24)20(9)2)10-4-5-12(18)11(17)8-10/h4-5,8,14H,6-7H2,1-3H3,(H,19,24)/t14-/m1/s1. The number of nitrogens with one attached hydrogen (secondary N) is 1. The predicted octanol–water partition coefficient (Wildman–Crippen LogP) is 2.91. The first-order chi connectivity index (χ1) is 11.4. The third-order valence-corrected chi connectivity index (χ3v) is 4.77. The molecule has 8 heteroatoms. The van der Waals surface area contributed by atoms with Crippen LogP contribution in [0.3, 0.4) is 0 Å². The molecule has 0 saturated carbocycles. The molecule has 5 nitrogen and oxygen atoms in total. The Balaban J connectivity index is 2.40. The monoisotopic (exact) mass is 416 g/mol. The minimum absolute atomic E-state index is 0.153. The Morgan fingerprint density at radius 1 is 1.46 bits per heavy atom. The van der Waals surface area contributed by atoms with E-state index in [1.807, 2.05) is 0 Å². The lowest BCUT2D eigenvalue weighted by Gasteiger charge is -2.35. The van der Waals surface area contributed by atoms with Gasteiger partial charge in [-0.05, 0) is 52.8 Å². The zero-order valence-electron chi connectivity index (χ0n) is 13.6. The van der Waals surface area contributed by atoms with Gasteiger partial charge in [-0.1, -0.05) is 6.07 Å². The first kappa shape index (κ1) is 18.8. The average molecular weight is 417 g/mol. The number of hydrogen-bond acceptors (Lipinski definition) is 4. The molecule has 1 atom stereocenters. The fourth-order valence-corrected chi connectivity index (χ4v) is 2.99. The number of carbonyl (C=O) groups is 1. The van der Waals surface area contributed by atoms with Crippen LogP contribution in [0.1, 0.15) is 18.5 Å². The molecule has 24 heavy (non-hydrogen) atoms. The van der Waals surface area contributed by atoms with Gasteiger partial charge in [-0.3, -0.25) is 0 Å². The van der Waals surface area contributed by atoms with E-state index >= 15 is 0 Å². The molecule has 0 aromatic heterocycles. The second kappa shape index (κ2) is 8.04. The lowest BCUT2D eigenvalue weighted by atomic mass is 9.95. The molecule has 0 spiro atoms. The summed E-state index contributed by atoms with van der Waals surface area (Å²) in [5.41, 5.74) is 1.82. The van der Waals surface area contributed by atoms with Gasteiger partial charge in [0.2, 0.25) is 0 Å². The molecule has 1 aromatic carbocycles. The van der Waals surface area contributed by atoms with Crippen LogP contribution < -0.4 is 5.32 Å². The van der Waals surface area contributed by atoms with Crippen molar-refractivity contribution < 1.29 is 18.7 Å². The van der Waals surface area contributed by atoms with Crippen molar-refractivity contribution in [1.82, 2.24) is 10.2 Å². The number of benzene rings is 1. The minimum atomic E-state index is -0.513. The first-order valence-electron chi connectivity index (χ1n) is 7.22. The number of thiocarbonyl (C=S) groups is 1. The Morgan fingerprint density at radius 2 is 2.17 bits per heavy atom. The second-order valence-electron chi connectivity index (χ2n) is 5.24. The summed E-state index contributed by atoms with van der Waals surface area (Å²) >= 11 is 8.48. The van der Waals surface area contributed by atoms with Gasteiger partial charge < -0.3 is 19.7 Å². The number of halogens is 2. The average Bonchev–Trinajstić information content (AvgIpc) is 2.55. The maximum absolute atomic E-state index is 13.5. The summed E-state index contributed by atoms with van der Waals surface area (Å²) in [7, 11) is 3.30. The highest BCUT2D eigenvalue weighted by Gasteiger charge is 2.33. The molecule has 0 unspecified atom stereocenters. The lowest BCUT2D eigenvalue weighted by molar-refractivity contribution is -0.140. The van der Waals surface area contributed by atoms with Gasteiger partial charge in [0.05, 0.1) is 22.7 Å². The summed E-state index contributed by atoms with van der Waals surface area (Å²) in [4.78, 5) is 14.2. The largest absolute Gasteiger partial charge is 0.460 e. The molecular weight excluding hydrogens is 399 g/mol. The van der Waals surface area contributed by atoms with Gasteiger partial charge in [-0.15, -0.1) is 0 Å². The van der Waals surface area contributed by atoms with Gasteiger partial charge >= 0.3 is 5.97 Å². The summed E-state index contributed by atoms with van der Waals surface area (Å²) in [5.74, 6) is -0.837. The Morgan fingerprint density at radius 3 is 2.79 bits per heavy atom. The molecule has 1 aromatic rings. The molecule has 0 saturated heterocycles. The molecular formula is C16H18BrFN2O3S. The molecule has 0 bridgehead atoms. The van der Waals surface area contributed by atoms with Crippen molar-refractivity contribution in [3.05, 3.63) is 45.3 Å². The molecule has 1 heterocycles. The van der Waals surface area contributed by atoms with Crippen LogP contribution in [0.4, 0.5) is 4.39 Å². The summed E-state index contributed by atoms with van der Waals surface area (Å²) in [5, 5.41) is 3.58. The van der Waals surface area contributed by atoms with E-state index in [-0.39, 0.29) is 12.4 Å². The number of hydrogen-bond donors (Lipinski definition) is 1. The van der Waals surface area contributed by atoms with E-state index in [1.54, 1.807) is 31.0 Å². The quantitative estimate of drug-likeness (QED) is 0.452. The van der Waals surface area contributed by atoms with Crippen molar-refractivity contribution in [2.45, 2.75) is 13.0 Å². The van der Waals surface area contributed by atoms with Gasteiger partial charge in [-0.25, -0.2) is 9.18 Å². The molecule has 0 radical (unpaired) electrons. The topological polar surface area (TPSA) is 50.8 Å². The van der Waals surface area contributed by atoms with Gasteiger partial charge in [0.15, 0.2) is 5.11 Å². The van der Waals surface area contributed by atoms with Crippen LogP contribution in [-0.2, 0) is 14.3 Å². The maximum atomic E-state index is 13.5. The van der Waals surface area contributed by atoms with E-state index in [1.165, 1.54) is 13.2 Å². The van der Waals surface area contributed by atoms with Crippen LogP contribution in [-0.4, -0.2) is 43.4 Å². The Kier molecular flexibility index (Phi) is 6.31. The van der Waals surface area contributed by atoms with Crippen LogP contribution in [0.5, 0.6) is 0 Å². The summed E-state index contributed by atoms with van der Waals surface area (Å²) in [6, 6.07) is 4.06. The number of esters is 1. The number of methoxy groups -OCH3 is 1. The molecule has 1 aliphatic rings. The SMILES string of the molecule is COCCOC(=O)C1=C(C)N(C)C(=S)N[C@@H]1c1ccc(F)c(Br)c1. The van der Waals surface area contributed by atoms with Crippen molar-refractivity contribution in [3.8, 4) is 0 Å². The molecule has 0 fully saturated rings.